The van der Waals surface area contributed by atoms with E-state index in [4.69, 9.17) is 4.74 Å². The maximum atomic E-state index is 12.8. The zero-order valence-electron chi connectivity index (χ0n) is 15.7. The standard InChI is InChI=1S/C18H28N2O4S/c1-14-6-7-16(12-15(14)2)25(22,23)20-10-8-19(9-11-20)13-17(21)24-18(3,4)5/h6-7,12H,8-11,13H2,1-5H3. The van der Waals surface area contributed by atoms with Crippen molar-refractivity contribution < 1.29 is 17.9 Å². The first kappa shape index (κ1) is 19.9. The fourth-order valence-corrected chi connectivity index (χ4v) is 4.22. The summed E-state index contributed by atoms with van der Waals surface area (Å²) >= 11 is 0. The number of piperazine rings is 1. The van der Waals surface area contributed by atoms with E-state index in [1.165, 1.54) is 4.31 Å². The molecule has 0 unspecified atom stereocenters. The van der Waals surface area contributed by atoms with Crippen molar-refractivity contribution in [1.82, 2.24) is 9.21 Å². The van der Waals surface area contributed by atoms with Gasteiger partial charge < -0.3 is 4.74 Å². The summed E-state index contributed by atoms with van der Waals surface area (Å²) in [4.78, 5) is 14.2. The molecule has 2 rings (SSSR count). The van der Waals surface area contributed by atoms with Gasteiger partial charge in [-0.1, -0.05) is 6.07 Å². The Morgan fingerprint density at radius 3 is 2.20 bits per heavy atom. The molecule has 0 amide bonds. The molecule has 1 aromatic rings. The maximum Gasteiger partial charge on any atom is 0.320 e. The van der Waals surface area contributed by atoms with Gasteiger partial charge in [0.1, 0.15) is 5.60 Å². The lowest BCUT2D eigenvalue weighted by atomic mass is 10.1. The van der Waals surface area contributed by atoms with E-state index in [2.05, 4.69) is 0 Å². The molecule has 25 heavy (non-hydrogen) atoms. The summed E-state index contributed by atoms with van der Waals surface area (Å²) in [5.41, 5.74) is 1.52. The molecule has 0 spiro atoms. The minimum atomic E-state index is -3.49. The van der Waals surface area contributed by atoms with Gasteiger partial charge in [0, 0.05) is 26.2 Å². The summed E-state index contributed by atoms with van der Waals surface area (Å²) in [6.07, 6.45) is 0. The SMILES string of the molecule is Cc1ccc(S(=O)(=O)N2CCN(CC(=O)OC(C)(C)C)CC2)cc1C. The van der Waals surface area contributed by atoms with Crippen LogP contribution in [0.1, 0.15) is 31.9 Å². The van der Waals surface area contributed by atoms with Gasteiger partial charge in [0.05, 0.1) is 11.4 Å². The minimum absolute atomic E-state index is 0.189. The number of sulfonamides is 1. The molecule has 1 fully saturated rings. The zero-order chi connectivity index (χ0) is 18.8. The molecule has 6 nitrogen and oxygen atoms in total. The number of ether oxygens (including phenoxy) is 1. The first-order valence-corrected chi connectivity index (χ1v) is 9.95. The summed E-state index contributed by atoms with van der Waals surface area (Å²) in [5, 5.41) is 0. The number of aryl methyl sites for hydroxylation is 2. The molecule has 1 saturated heterocycles. The smallest absolute Gasteiger partial charge is 0.320 e. The van der Waals surface area contributed by atoms with Crippen LogP contribution in [0.5, 0.6) is 0 Å². The Hall–Kier alpha value is -1.44. The summed E-state index contributed by atoms with van der Waals surface area (Å²) in [6.45, 7) is 11.3. The normalized spacial score (nSPS) is 17.5. The molecule has 0 bridgehead atoms. The van der Waals surface area contributed by atoms with E-state index in [-0.39, 0.29) is 12.5 Å². The predicted octanol–water partition coefficient (Wildman–Crippen LogP) is 1.95. The van der Waals surface area contributed by atoms with E-state index in [1.807, 2.05) is 45.6 Å². The second-order valence-electron chi connectivity index (χ2n) is 7.51. The van der Waals surface area contributed by atoms with Crippen molar-refractivity contribution in [2.45, 2.75) is 45.1 Å². The molecule has 0 atom stereocenters. The highest BCUT2D eigenvalue weighted by atomic mass is 32.2. The van der Waals surface area contributed by atoms with Crippen molar-refractivity contribution in [3.05, 3.63) is 29.3 Å². The molecular formula is C18H28N2O4S. The van der Waals surface area contributed by atoms with Crippen LogP contribution < -0.4 is 0 Å². The lowest BCUT2D eigenvalue weighted by Gasteiger charge is -2.34. The molecule has 1 heterocycles. The summed E-state index contributed by atoms with van der Waals surface area (Å²) in [5.74, 6) is -0.280. The molecule has 1 aliphatic heterocycles. The number of carbonyl (C=O) groups excluding carboxylic acids is 1. The predicted molar refractivity (Wildman–Crippen MR) is 97.0 cm³/mol. The molecule has 0 N–H and O–H groups in total. The third kappa shape index (κ3) is 5.26. The molecule has 0 aliphatic carbocycles. The largest absolute Gasteiger partial charge is 0.459 e. The Kier molecular flexibility index (Phi) is 5.91. The number of rotatable bonds is 4. The van der Waals surface area contributed by atoms with Crippen LogP contribution in [-0.4, -0.2) is 61.9 Å². The van der Waals surface area contributed by atoms with E-state index >= 15 is 0 Å². The molecule has 1 aliphatic rings. The Morgan fingerprint density at radius 2 is 1.68 bits per heavy atom. The van der Waals surface area contributed by atoms with Crippen molar-refractivity contribution in [3.8, 4) is 0 Å². The quantitative estimate of drug-likeness (QED) is 0.760. The second-order valence-corrected chi connectivity index (χ2v) is 9.45. The van der Waals surface area contributed by atoms with Gasteiger partial charge in [-0.25, -0.2) is 8.42 Å². The molecule has 7 heteroatoms. The highest BCUT2D eigenvalue weighted by molar-refractivity contribution is 7.89. The molecule has 0 saturated carbocycles. The van der Waals surface area contributed by atoms with Gasteiger partial charge in [-0.15, -0.1) is 0 Å². The Balaban J connectivity index is 1.97. The van der Waals surface area contributed by atoms with Crippen LogP contribution in [-0.2, 0) is 19.6 Å². The molecule has 0 radical (unpaired) electrons. The van der Waals surface area contributed by atoms with Gasteiger partial charge in [0.25, 0.3) is 0 Å². The van der Waals surface area contributed by atoms with E-state index < -0.39 is 15.6 Å². The van der Waals surface area contributed by atoms with Gasteiger partial charge in [0.2, 0.25) is 10.0 Å². The van der Waals surface area contributed by atoms with E-state index in [9.17, 15) is 13.2 Å². The van der Waals surface area contributed by atoms with Crippen molar-refractivity contribution in [2.75, 3.05) is 32.7 Å². The molecule has 140 valence electrons. The minimum Gasteiger partial charge on any atom is -0.459 e. The van der Waals surface area contributed by atoms with Crippen LogP contribution in [0.3, 0.4) is 0 Å². The molecule has 1 aromatic carbocycles. The van der Waals surface area contributed by atoms with E-state index in [0.717, 1.165) is 11.1 Å². The van der Waals surface area contributed by atoms with Crippen LogP contribution in [0.15, 0.2) is 23.1 Å². The van der Waals surface area contributed by atoms with Gasteiger partial charge in [0.15, 0.2) is 0 Å². The van der Waals surface area contributed by atoms with Gasteiger partial charge in [-0.05, 0) is 57.9 Å². The van der Waals surface area contributed by atoms with Gasteiger partial charge in [-0.2, -0.15) is 4.31 Å². The lowest BCUT2D eigenvalue weighted by Crippen LogP contribution is -2.50. The zero-order valence-corrected chi connectivity index (χ0v) is 16.5. The van der Waals surface area contributed by atoms with Crippen LogP contribution in [0.4, 0.5) is 0 Å². The van der Waals surface area contributed by atoms with Crippen LogP contribution in [0, 0.1) is 13.8 Å². The van der Waals surface area contributed by atoms with Crippen molar-refractivity contribution in [1.29, 1.82) is 0 Å². The van der Waals surface area contributed by atoms with Crippen LogP contribution >= 0.6 is 0 Å². The average Bonchev–Trinajstić information content (AvgIpc) is 2.48. The summed E-state index contributed by atoms with van der Waals surface area (Å²) < 4.78 is 32.4. The lowest BCUT2D eigenvalue weighted by molar-refractivity contribution is -0.156. The first-order valence-electron chi connectivity index (χ1n) is 8.51. The third-order valence-corrected chi connectivity index (χ3v) is 6.11. The van der Waals surface area contributed by atoms with Crippen LogP contribution in [0.2, 0.25) is 0 Å². The Labute approximate surface area is 150 Å². The molecular weight excluding hydrogens is 340 g/mol. The number of carbonyl (C=O) groups is 1. The number of benzene rings is 1. The highest BCUT2D eigenvalue weighted by Gasteiger charge is 2.30. The number of nitrogens with zero attached hydrogens (tertiary/aromatic N) is 2. The molecule has 0 aromatic heterocycles. The maximum absolute atomic E-state index is 12.8. The van der Waals surface area contributed by atoms with Gasteiger partial charge in [-0.3, -0.25) is 9.69 Å². The fraction of sp³-hybridized carbons (Fsp3) is 0.611. The van der Waals surface area contributed by atoms with Crippen molar-refractivity contribution in [2.24, 2.45) is 0 Å². The van der Waals surface area contributed by atoms with Gasteiger partial charge >= 0.3 is 5.97 Å². The van der Waals surface area contributed by atoms with E-state index in [1.54, 1.807) is 12.1 Å². The second kappa shape index (κ2) is 7.43. The Morgan fingerprint density at radius 1 is 1.08 bits per heavy atom. The average molecular weight is 368 g/mol. The first-order chi connectivity index (χ1) is 11.5. The third-order valence-electron chi connectivity index (χ3n) is 4.22. The topological polar surface area (TPSA) is 66.9 Å². The number of esters is 1. The van der Waals surface area contributed by atoms with Crippen molar-refractivity contribution in [3.63, 3.8) is 0 Å². The summed E-state index contributed by atoms with van der Waals surface area (Å²) in [6, 6.07) is 5.21. The Bertz CT molecular complexity index is 730. The fourth-order valence-electron chi connectivity index (χ4n) is 2.71. The monoisotopic (exact) mass is 368 g/mol. The number of hydrogen-bond acceptors (Lipinski definition) is 5. The number of hydrogen-bond donors (Lipinski definition) is 0. The summed E-state index contributed by atoms with van der Waals surface area (Å²) in [7, 11) is -3.49. The highest BCUT2D eigenvalue weighted by Crippen LogP contribution is 2.20. The van der Waals surface area contributed by atoms with Crippen molar-refractivity contribution >= 4 is 16.0 Å². The van der Waals surface area contributed by atoms with Crippen LogP contribution in [0.25, 0.3) is 0 Å². The van der Waals surface area contributed by atoms with E-state index in [0.29, 0.717) is 31.1 Å².